The standard InChI is InChI=1S/C8H14ClNO4/c1-3-10-8(13)7(6(12)4-9)14-5(2)11/h7-8,10,13H,3-4H2,1-2H3. The van der Waals surface area contributed by atoms with Gasteiger partial charge in [0.1, 0.15) is 6.23 Å². The molecule has 0 spiro atoms. The molecule has 5 nitrogen and oxygen atoms in total. The van der Waals surface area contributed by atoms with Gasteiger partial charge in [-0.25, -0.2) is 0 Å². The smallest absolute Gasteiger partial charge is 0.303 e. The molecule has 0 rings (SSSR count). The van der Waals surface area contributed by atoms with Crippen molar-refractivity contribution in [3.8, 4) is 0 Å². The number of hydrogen-bond acceptors (Lipinski definition) is 5. The molecular weight excluding hydrogens is 210 g/mol. The van der Waals surface area contributed by atoms with Gasteiger partial charge in [-0.3, -0.25) is 14.9 Å². The number of alkyl halides is 1. The SMILES string of the molecule is CCNC(O)C(OC(C)=O)C(=O)CCl. The van der Waals surface area contributed by atoms with Crippen molar-refractivity contribution in [1.29, 1.82) is 0 Å². The summed E-state index contributed by atoms with van der Waals surface area (Å²) in [5, 5.41) is 12.0. The monoisotopic (exact) mass is 223 g/mol. The largest absolute Gasteiger partial charge is 0.450 e. The second kappa shape index (κ2) is 6.75. The van der Waals surface area contributed by atoms with E-state index in [2.05, 4.69) is 10.1 Å². The highest BCUT2D eigenvalue weighted by atomic mass is 35.5. The van der Waals surface area contributed by atoms with Gasteiger partial charge in [-0.2, -0.15) is 0 Å². The molecule has 14 heavy (non-hydrogen) atoms. The maximum Gasteiger partial charge on any atom is 0.303 e. The molecule has 0 heterocycles. The molecule has 0 saturated heterocycles. The van der Waals surface area contributed by atoms with Crippen LogP contribution in [0.1, 0.15) is 13.8 Å². The van der Waals surface area contributed by atoms with Crippen LogP contribution < -0.4 is 5.32 Å². The van der Waals surface area contributed by atoms with Crippen molar-refractivity contribution in [2.75, 3.05) is 12.4 Å². The molecule has 0 aromatic carbocycles. The second-order valence-electron chi connectivity index (χ2n) is 2.63. The van der Waals surface area contributed by atoms with E-state index in [0.29, 0.717) is 6.54 Å². The van der Waals surface area contributed by atoms with Crippen molar-refractivity contribution in [1.82, 2.24) is 5.32 Å². The molecule has 0 amide bonds. The Morgan fingerprint density at radius 1 is 1.57 bits per heavy atom. The van der Waals surface area contributed by atoms with Crippen LogP contribution in [0.4, 0.5) is 0 Å². The van der Waals surface area contributed by atoms with E-state index in [-0.39, 0.29) is 5.88 Å². The lowest BCUT2D eigenvalue weighted by Gasteiger charge is -2.20. The Labute approximate surface area is 87.4 Å². The van der Waals surface area contributed by atoms with Crippen LogP contribution in [-0.4, -0.2) is 41.6 Å². The van der Waals surface area contributed by atoms with Crippen LogP contribution in [0.2, 0.25) is 0 Å². The van der Waals surface area contributed by atoms with Gasteiger partial charge < -0.3 is 9.84 Å². The van der Waals surface area contributed by atoms with Gasteiger partial charge in [-0.1, -0.05) is 6.92 Å². The van der Waals surface area contributed by atoms with Crippen LogP contribution in [0.3, 0.4) is 0 Å². The zero-order valence-corrected chi connectivity index (χ0v) is 8.87. The number of likely N-dealkylation sites (N-methyl/N-ethyl adjacent to an activating group) is 1. The molecule has 0 aromatic heterocycles. The number of ether oxygens (including phenoxy) is 1. The first-order valence-corrected chi connectivity index (χ1v) is 4.73. The lowest BCUT2D eigenvalue weighted by atomic mass is 10.2. The van der Waals surface area contributed by atoms with Crippen molar-refractivity contribution < 1.29 is 19.4 Å². The molecule has 2 N–H and O–H groups in total. The Balaban J connectivity index is 4.37. The molecule has 0 bridgehead atoms. The maximum atomic E-state index is 11.2. The minimum atomic E-state index is -1.23. The lowest BCUT2D eigenvalue weighted by Crippen LogP contribution is -2.47. The normalized spacial score (nSPS) is 14.6. The quantitative estimate of drug-likeness (QED) is 0.366. The summed E-state index contributed by atoms with van der Waals surface area (Å²) < 4.78 is 4.63. The third kappa shape index (κ3) is 4.55. The van der Waals surface area contributed by atoms with E-state index in [4.69, 9.17) is 11.6 Å². The predicted octanol–water partition coefficient (Wildman–Crippen LogP) is -0.346. The molecule has 0 aliphatic heterocycles. The molecule has 82 valence electrons. The third-order valence-corrected chi connectivity index (χ3v) is 1.71. The molecule has 0 saturated carbocycles. The van der Waals surface area contributed by atoms with E-state index in [1.807, 2.05) is 0 Å². The number of aliphatic hydroxyl groups excluding tert-OH is 1. The summed E-state index contributed by atoms with van der Waals surface area (Å²) >= 11 is 5.29. The van der Waals surface area contributed by atoms with Crippen LogP contribution in [0.25, 0.3) is 0 Å². The van der Waals surface area contributed by atoms with Crippen molar-refractivity contribution in [3.05, 3.63) is 0 Å². The first kappa shape index (κ1) is 13.4. The Morgan fingerprint density at radius 2 is 2.14 bits per heavy atom. The van der Waals surface area contributed by atoms with Crippen LogP contribution >= 0.6 is 11.6 Å². The van der Waals surface area contributed by atoms with Crippen molar-refractivity contribution in [3.63, 3.8) is 0 Å². The van der Waals surface area contributed by atoms with Crippen LogP contribution in [-0.2, 0) is 14.3 Å². The van der Waals surface area contributed by atoms with E-state index >= 15 is 0 Å². The molecule has 0 aliphatic rings. The summed E-state index contributed by atoms with van der Waals surface area (Å²) in [5.74, 6) is -1.47. The first-order valence-electron chi connectivity index (χ1n) is 4.20. The van der Waals surface area contributed by atoms with Gasteiger partial charge in [0.15, 0.2) is 11.9 Å². The first-order chi connectivity index (χ1) is 6.52. The van der Waals surface area contributed by atoms with Gasteiger partial charge in [0, 0.05) is 6.92 Å². The summed E-state index contributed by atoms with van der Waals surface area (Å²) in [4.78, 5) is 21.8. The van der Waals surface area contributed by atoms with E-state index in [0.717, 1.165) is 6.92 Å². The minimum Gasteiger partial charge on any atom is -0.450 e. The minimum absolute atomic E-state index is 0.305. The molecule has 2 atom stereocenters. The van der Waals surface area contributed by atoms with Gasteiger partial charge in [-0.05, 0) is 6.54 Å². The number of hydrogen-bond donors (Lipinski definition) is 2. The van der Waals surface area contributed by atoms with Gasteiger partial charge >= 0.3 is 5.97 Å². The van der Waals surface area contributed by atoms with Crippen molar-refractivity contribution in [2.24, 2.45) is 0 Å². The van der Waals surface area contributed by atoms with Crippen LogP contribution in [0, 0.1) is 0 Å². The predicted molar refractivity (Wildman–Crippen MR) is 51.0 cm³/mol. The topological polar surface area (TPSA) is 75.6 Å². The van der Waals surface area contributed by atoms with Gasteiger partial charge in [0.05, 0.1) is 5.88 Å². The number of ketones is 1. The van der Waals surface area contributed by atoms with Crippen molar-refractivity contribution in [2.45, 2.75) is 26.2 Å². The molecule has 0 radical (unpaired) electrons. The van der Waals surface area contributed by atoms with E-state index in [1.54, 1.807) is 6.92 Å². The number of aliphatic hydroxyl groups is 1. The third-order valence-electron chi connectivity index (χ3n) is 1.44. The Morgan fingerprint density at radius 3 is 2.50 bits per heavy atom. The number of Topliss-reactive ketones (excluding diaryl/α,β-unsaturated/α-hetero) is 1. The van der Waals surface area contributed by atoms with Crippen LogP contribution in [0.15, 0.2) is 0 Å². The highest BCUT2D eigenvalue weighted by Crippen LogP contribution is 2.01. The Kier molecular flexibility index (Phi) is 6.44. The summed E-state index contributed by atoms with van der Waals surface area (Å²) in [5.41, 5.74) is 0. The van der Waals surface area contributed by atoms with Crippen LogP contribution in [0.5, 0.6) is 0 Å². The molecule has 6 heteroatoms. The summed E-state index contributed by atoms with van der Waals surface area (Å²) in [6.07, 6.45) is -2.44. The highest BCUT2D eigenvalue weighted by Gasteiger charge is 2.28. The number of rotatable bonds is 6. The number of halogens is 1. The van der Waals surface area contributed by atoms with Crippen molar-refractivity contribution >= 4 is 23.4 Å². The lowest BCUT2D eigenvalue weighted by molar-refractivity contribution is -0.160. The summed E-state index contributed by atoms with van der Waals surface area (Å²) in [6.45, 7) is 3.36. The molecule has 0 aliphatic carbocycles. The molecule has 2 unspecified atom stereocenters. The fourth-order valence-electron chi connectivity index (χ4n) is 0.877. The highest BCUT2D eigenvalue weighted by molar-refractivity contribution is 6.28. The van der Waals surface area contributed by atoms with Gasteiger partial charge in [0.2, 0.25) is 0 Å². The Hall–Kier alpha value is -0.650. The Bertz CT molecular complexity index is 210. The fraction of sp³-hybridized carbons (Fsp3) is 0.750. The number of carbonyl (C=O) groups is 2. The summed E-state index contributed by atoms with van der Waals surface area (Å²) in [6, 6.07) is 0. The molecule has 0 fully saturated rings. The fourth-order valence-corrected chi connectivity index (χ4v) is 1.03. The van der Waals surface area contributed by atoms with E-state index in [9.17, 15) is 14.7 Å². The molecular formula is C8H14ClNO4. The number of nitrogens with one attached hydrogen (secondary N) is 1. The second-order valence-corrected chi connectivity index (χ2v) is 2.90. The maximum absolute atomic E-state index is 11.2. The zero-order chi connectivity index (χ0) is 11.1. The average Bonchev–Trinajstić information content (AvgIpc) is 2.13. The number of carbonyl (C=O) groups excluding carboxylic acids is 2. The zero-order valence-electron chi connectivity index (χ0n) is 8.12. The number of esters is 1. The van der Waals surface area contributed by atoms with Gasteiger partial charge in [0.25, 0.3) is 0 Å². The van der Waals surface area contributed by atoms with E-state index in [1.165, 1.54) is 0 Å². The summed E-state index contributed by atoms with van der Waals surface area (Å²) in [7, 11) is 0. The average molecular weight is 224 g/mol. The van der Waals surface area contributed by atoms with Gasteiger partial charge in [-0.15, -0.1) is 11.6 Å². The van der Waals surface area contributed by atoms with E-state index < -0.39 is 24.1 Å². The molecule has 0 aromatic rings.